The third kappa shape index (κ3) is 4.28. The highest BCUT2D eigenvalue weighted by Gasteiger charge is 2.31. The van der Waals surface area contributed by atoms with Crippen LogP contribution in [0.3, 0.4) is 0 Å². The number of hydrogen-bond acceptors (Lipinski definition) is 6. The van der Waals surface area contributed by atoms with Gasteiger partial charge in [0.2, 0.25) is 0 Å². The van der Waals surface area contributed by atoms with Crippen molar-refractivity contribution in [1.82, 2.24) is 0 Å². The molecule has 1 aliphatic carbocycles. The average Bonchev–Trinajstić information content (AvgIpc) is 2.67. The second-order valence-corrected chi connectivity index (χ2v) is 6.59. The zero-order valence-corrected chi connectivity index (χ0v) is 14.5. The smallest absolute Gasteiger partial charge is 0.269 e. The number of non-ortho nitro benzene ring substituents is 2. The molecule has 1 fully saturated rings. The quantitative estimate of drug-likeness (QED) is 0.595. The van der Waals surface area contributed by atoms with Crippen molar-refractivity contribution in [3.63, 3.8) is 0 Å². The predicted molar refractivity (Wildman–Crippen MR) is 99.5 cm³/mol. The number of rotatable bonds is 6. The number of benzene rings is 2. The van der Waals surface area contributed by atoms with Crippen LogP contribution in [0.1, 0.15) is 37.3 Å². The highest BCUT2D eigenvalue weighted by Crippen LogP contribution is 2.35. The van der Waals surface area contributed by atoms with Crippen LogP contribution in [-0.2, 0) is 4.79 Å². The Labute approximate surface area is 155 Å². The maximum atomic E-state index is 12.5. The second kappa shape index (κ2) is 7.94. The number of ketones is 1. The lowest BCUT2D eigenvalue weighted by molar-refractivity contribution is -0.385. The second-order valence-electron chi connectivity index (χ2n) is 6.59. The van der Waals surface area contributed by atoms with Crippen LogP contribution in [0.4, 0.5) is 17.1 Å². The van der Waals surface area contributed by atoms with Gasteiger partial charge in [0.15, 0.2) is 0 Å². The van der Waals surface area contributed by atoms with Crippen LogP contribution >= 0.6 is 0 Å². The molecule has 8 heteroatoms. The van der Waals surface area contributed by atoms with Gasteiger partial charge in [-0.25, -0.2) is 0 Å². The largest absolute Gasteiger partial charge is 0.377 e. The first-order valence-corrected chi connectivity index (χ1v) is 8.74. The van der Waals surface area contributed by atoms with E-state index in [9.17, 15) is 25.0 Å². The molecule has 0 aliphatic heterocycles. The molecular weight excluding hydrogens is 350 g/mol. The van der Waals surface area contributed by atoms with Gasteiger partial charge >= 0.3 is 0 Å². The van der Waals surface area contributed by atoms with Gasteiger partial charge in [0.05, 0.1) is 15.9 Å². The van der Waals surface area contributed by atoms with Crippen molar-refractivity contribution in [3.8, 4) is 0 Å². The number of nitrogens with zero attached hydrogens (tertiary/aromatic N) is 2. The van der Waals surface area contributed by atoms with Crippen LogP contribution < -0.4 is 5.32 Å². The minimum Gasteiger partial charge on any atom is -0.377 e. The van der Waals surface area contributed by atoms with Gasteiger partial charge in [-0.1, -0.05) is 18.6 Å². The van der Waals surface area contributed by atoms with Gasteiger partial charge < -0.3 is 5.32 Å². The Kier molecular flexibility index (Phi) is 5.44. The minimum atomic E-state index is -0.470. The molecule has 0 bridgehead atoms. The standard InChI is InChI=1S/C19H19N3O5/c23-18-4-2-1-3-17(18)19(13-5-9-15(10-6-13)21(24)25)20-14-7-11-16(12-8-14)22(26)27/h5-12,17,19-20H,1-4H2. The first-order valence-electron chi connectivity index (χ1n) is 8.74. The predicted octanol–water partition coefficient (Wildman–Crippen LogP) is 4.42. The molecule has 1 aliphatic rings. The molecule has 0 aromatic heterocycles. The normalized spacial score (nSPS) is 17.9. The number of Topliss-reactive ketones (excluding diaryl/α,β-unsaturated/α-hetero) is 1. The zero-order chi connectivity index (χ0) is 19.4. The van der Waals surface area contributed by atoms with Crippen LogP contribution in [0.5, 0.6) is 0 Å². The molecule has 27 heavy (non-hydrogen) atoms. The fraction of sp³-hybridized carbons (Fsp3) is 0.316. The Morgan fingerprint density at radius 2 is 1.44 bits per heavy atom. The molecule has 8 nitrogen and oxygen atoms in total. The van der Waals surface area contributed by atoms with E-state index in [4.69, 9.17) is 0 Å². The van der Waals surface area contributed by atoms with Crippen molar-refractivity contribution in [2.24, 2.45) is 5.92 Å². The van der Waals surface area contributed by atoms with Crippen molar-refractivity contribution < 1.29 is 14.6 Å². The lowest BCUT2D eigenvalue weighted by Crippen LogP contribution is -2.30. The first-order chi connectivity index (χ1) is 13.0. The topological polar surface area (TPSA) is 115 Å². The number of hydrogen-bond donors (Lipinski definition) is 1. The maximum Gasteiger partial charge on any atom is 0.269 e. The van der Waals surface area contributed by atoms with Crippen LogP contribution in [-0.4, -0.2) is 15.6 Å². The minimum absolute atomic E-state index is 0.0113. The van der Waals surface area contributed by atoms with Gasteiger partial charge in [0.1, 0.15) is 5.78 Å². The molecule has 0 spiro atoms. The number of nitro groups is 2. The number of nitro benzene ring substituents is 2. The fourth-order valence-electron chi connectivity index (χ4n) is 3.44. The van der Waals surface area contributed by atoms with Gasteiger partial charge in [0, 0.05) is 42.3 Å². The highest BCUT2D eigenvalue weighted by atomic mass is 16.6. The molecule has 0 amide bonds. The van der Waals surface area contributed by atoms with E-state index < -0.39 is 9.85 Å². The molecule has 3 rings (SSSR count). The Morgan fingerprint density at radius 1 is 0.889 bits per heavy atom. The lowest BCUT2D eigenvalue weighted by Gasteiger charge is -2.31. The summed E-state index contributed by atoms with van der Waals surface area (Å²) in [4.78, 5) is 33.3. The molecule has 0 radical (unpaired) electrons. The Bertz CT molecular complexity index is 849. The van der Waals surface area contributed by atoms with E-state index >= 15 is 0 Å². The molecule has 2 atom stereocenters. The SMILES string of the molecule is O=C1CCCCC1C(Nc1ccc([N+](=O)[O-])cc1)c1ccc([N+](=O)[O-])cc1. The van der Waals surface area contributed by atoms with Gasteiger partial charge in [-0.15, -0.1) is 0 Å². The summed E-state index contributed by atoms with van der Waals surface area (Å²) in [6, 6.07) is 11.8. The Hall–Kier alpha value is -3.29. The molecule has 2 aromatic carbocycles. The van der Waals surface area contributed by atoms with E-state index in [1.54, 1.807) is 24.3 Å². The van der Waals surface area contributed by atoms with Crippen molar-refractivity contribution >= 4 is 22.8 Å². The number of carbonyl (C=O) groups is 1. The maximum absolute atomic E-state index is 12.5. The summed E-state index contributed by atoms with van der Waals surface area (Å²) in [7, 11) is 0. The molecule has 2 unspecified atom stereocenters. The van der Waals surface area contributed by atoms with Crippen molar-refractivity contribution in [1.29, 1.82) is 0 Å². The number of carbonyl (C=O) groups excluding carboxylic acids is 1. The van der Waals surface area contributed by atoms with Crippen molar-refractivity contribution in [3.05, 3.63) is 74.3 Å². The number of anilines is 1. The monoisotopic (exact) mass is 369 g/mol. The number of nitrogens with one attached hydrogen (secondary N) is 1. The van der Waals surface area contributed by atoms with Crippen molar-refractivity contribution in [2.75, 3.05) is 5.32 Å². The lowest BCUT2D eigenvalue weighted by atomic mass is 9.80. The van der Waals surface area contributed by atoms with Crippen molar-refractivity contribution in [2.45, 2.75) is 31.7 Å². The van der Waals surface area contributed by atoms with Crippen LogP contribution in [0.15, 0.2) is 48.5 Å². The summed E-state index contributed by atoms with van der Waals surface area (Å²) >= 11 is 0. The summed E-state index contributed by atoms with van der Waals surface area (Å²) in [5.41, 5.74) is 1.41. The summed E-state index contributed by atoms with van der Waals surface area (Å²) < 4.78 is 0. The molecule has 2 aromatic rings. The van der Waals surface area contributed by atoms with E-state index in [0.717, 1.165) is 24.8 Å². The van der Waals surface area contributed by atoms with Gasteiger partial charge in [-0.05, 0) is 30.5 Å². The Morgan fingerprint density at radius 3 is 1.96 bits per heavy atom. The first kappa shape index (κ1) is 18.5. The van der Waals surface area contributed by atoms with E-state index in [1.807, 2.05) is 0 Å². The molecule has 1 saturated carbocycles. The van der Waals surface area contributed by atoms with Gasteiger partial charge in [0.25, 0.3) is 11.4 Å². The summed E-state index contributed by atoms with van der Waals surface area (Å²) in [6.07, 6.45) is 3.08. The third-order valence-electron chi connectivity index (χ3n) is 4.87. The average molecular weight is 369 g/mol. The van der Waals surface area contributed by atoms with E-state index in [1.165, 1.54) is 24.3 Å². The van der Waals surface area contributed by atoms with Gasteiger partial charge in [-0.3, -0.25) is 25.0 Å². The molecule has 140 valence electrons. The van der Waals surface area contributed by atoms with E-state index in [0.29, 0.717) is 12.1 Å². The van der Waals surface area contributed by atoms with Crippen LogP contribution in [0, 0.1) is 26.1 Å². The van der Waals surface area contributed by atoms with Crippen LogP contribution in [0.2, 0.25) is 0 Å². The zero-order valence-electron chi connectivity index (χ0n) is 14.5. The summed E-state index contributed by atoms with van der Waals surface area (Å²) in [5, 5.41) is 25.0. The molecular formula is C19H19N3O5. The summed E-state index contributed by atoms with van der Waals surface area (Å²) in [5.74, 6) is -0.0746. The van der Waals surface area contributed by atoms with Crippen LogP contribution in [0.25, 0.3) is 0 Å². The third-order valence-corrected chi connectivity index (χ3v) is 4.87. The Balaban J connectivity index is 1.90. The molecule has 1 N–H and O–H groups in total. The summed E-state index contributed by atoms with van der Waals surface area (Å²) in [6.45, 7) is 0. The highest BCUT2D eigenvalue weighted by molar-refractivity contribution is 5.83. The molecule has 0 saturated heterocycles. The molecule has 0 heterocycles. The van der Waals surface area contributed by atoms with E-state index in [2.05, 4.69) is 5.32 Å². The van der Waals surface area contributed by atoms with Gasteiger partial charge in [-0.2, -0.15) is 0 Å². The fourth-order valence-corrected chi connectivity index (χ4v) is 3.44. The van der Waals surface area contributed by atoms with E-state index in [-0.39, 0.29) is 29.1 Å².